The van der Waals surface area contributed by atoms with Gasteiger partial charge in [-0.1, -0.05) is 52.0 Å². The first kappa shape index (κ1) is 86.0. The number of halogens is 8. The standard InChI is InChI=1S/2C38H49F4N3O9S/c2*1-22-8-6-7-9-24-19-37(24,33(49)44-55(51,52)36(5)14-15-36)20-30(46)29-17-27(53-34(50)43-26-12-10-25(39)11-13-26)21-45(29)32(48)28(23(2)16-22)18-31(47)54-35(3,4)38(40,41)42/h2*7,9-13,22-24,27-29H,6,8,14-21H2,1-5H3,(H,43,50)(H,44,49)/b2*9-7-/t22-,23+,24+,27+,28-,29-,37+;22-,23-,24-,27-,28+,29+,37-/m01/s1. The van der Waals surface area contributed by atoms with E-state index in [2.05, 4.69) is 20.1 Å². The quantitative estimate of drug-likeness (QED) is 0.0525. The Balaban J connectivity index is 0.000000253. The predicted octanol–water partition coefficient (Wildman–Crippen LogP) is 12.4. The number of allylic oxidation sites excluding steroid dienone is 4. The number of anilines is 2. The van der Waals surface area contributed by atoms with E-state index < -0.39 is 220 Å². The highest BCUT2D eigenvalue weighted by molar-refractivity contribution is 7.92. The van der Waals surface area contributed by atoms with Crippen molar-refractivity contribution in [2.45, 2.75) is 242 Å². The Morgan fingerprint density at radius 3 is 1.15 bits per heavy atom. The molecule has 0 spiro atoms. The Morgan fingerprint density at radius 1 is 0.518 bits per heavy atom. The van der Waals surface area contributed by atoms with Crippen LogP contribution in [-0.2, 0) is 77.4 Å². The zero-order valence-electron chi connectivity index (χ0n) is 63.1. The predicted molar refractivity (Wildman–Crippen MR) is 382 cm³/mol. The van der Waals surface area contributed by atoms with Gasteiger partial charge in [0.2, 0.25) is 54.9 Å². The van der Waals surface area contributed by atoms with E-state index in [9.17, 15) is 99.9 Å². The molecule has 4 saturated carbocycles. The van der Waals surface area contributed by atoms with Crippen LogP contribution in [0.2, 0.25) is 0 Å². The Kier molecular flexibility index (Phi) is 25.5. The van der Waals surface area contributed by atoms with Gasteiger partial charge in [-0.25, -0.2) is 35.2 Å². The van der Waals surface area contributed by atoms with Gasteiger partial charge in [0.1, 0.15) is 23.8 Å². The van der Waals surface area contributed by atoms with Gasteiger partial charge in [0.05, 0.1) is 70.2 Å². The van der Waals surface area contributed by atoms with Gasteiger partial charge in [-0.2, -0.15) is 26.3 Å². The number of ketones is 2. The molecule has 2 aromatic carbocycles. The van der Waals surface area contributed by atoms with Crippen LogP contribution in [0.4, 0.5) is 56.1 Å². The number of hydrogen-bond donors (Lipinski definition) is 4. The molecular weight excluding hydrogens is 1500 g/mol. The second kappa shape index (κ2) is 32.6. The lowest BCUT2D eigenvalue weighted by Gasteiger charge is -2.33. The third-order valence-corrected chi connectivity index (χ3v) is 27.5. The normalized spacial score (nSPS) is 30.5. The Morgan fingerprint density at radius 2 is 0.845 bits per heavy atom. The monoisotopic (exact) mass is 1600 g/mol. The second-order valence-electron chi connectivity index (χ2n) is 33.0. The molecule has 0 unspecified atom stereocenters. The zero-order chi connectivity index (χ0) is 81.5. The number of carbonyl (C=O) groups excluding carboxylic acids is 10. The molecule has 8 aliphatic rings. The minimum atomic E-state index is -4.90. The molecule has 110 heavy (non-hydrogen) atoms. The highest BCUT2D eigenvalue weighted by atomic mass is 32.2. The maximum atomic E-state index is 14.6. The number of amides is 6. The number of nitrogens with zero attached hydrogens (tertiary/aromatic N) is 2. The fourth-order valence-electron chi connectivity index (χ4n) is 15.0. The molecule has 4 aliphatic carbocycles. The molecule has 10 rings (SSSR count). The van der Waals surface area contributed by atoms with Gasteiger partial charge < -0.3 is 28.7 Å². The van der Waals surface area contributed by atoms with Gasteiger partial charge in [0.25, 0.3) is 0 Å². The van der Waals surface area contributed by atoms with E-state index in [1.165, 1.54) is 38.1 Å². The molecule has 2 saturated heterocycles. The summed E-state index contributed by atoms with van der Waals surface area (Å²) in [6.07, 6.45) is -4.42. The smallest absolute Gasteiger partial charge is 0.427 e. The lowest BCUT2D eigenvalue weighted by Crippen LogP contribution is -2.48. The molecule has 34 heteroatoms. The van der Waals surface area contributed by atoms with Gasteiger partial charge in [-0.3, -0.25) is 58.4 Å². The van der Waals surface area contributed by atoms with Crippen molar-refractivity contribution in [3.8, 4) is 0 Å². The van der Waals surface area contributed by atoms with Crippen LogP contribution in [0, 0.1) is 69.8 Å². The fourth-order valence-corrected chi connectivity index (χ4v) is 17.6. The maximum absolute atomic E-state index is 14.6. The van der Waals surface area contributed by atoms with Crippen LogP contribution in [0.15, 0.2) is 72.8 Å². The van der Waals surface area contributed by atoms with Crippen LogP contribution in [-0.4, -0.2) is 156 Å². The van der Waals surface area contributed by atoms with Gasteiger partial charge in [0, 0.05) is 37.1 Å². The summed E-state index contributed by atoms with van der Waals surface area (Å²) in [5, 5.41) is 4.90. The maximum Gasteiger partial charge on any atom is 0.427 e. The summed E-state index contributed by atoms with van der Waals surface area (Å²) < 4.78 is 184. The van der Waals surface area contributed by atoms with E-state index >= 15 is 0 Å². The lowest BCUT2D eigenvalue weighted by atomic mass is 9.82. The average Bonchev–Trinajstić information content (AvgIpc) is 1.57. The van der Waals surface area contributed by atoms with E-state index in [0.29, 0.717) is 91.9 Å². The van der Waals surface area contributed by atoms with Crippen molar-refractivity contribution in [3.63, 3.8) is 0 Å². The number of esters is 2. The molecule has 4 N–H and O–H groups in total. The first-order chi connectivity index (χ1) is 50.9. The first-order valence-electron chi connectivity index (χ1n) is 37.1. The molecule has 0 aromatic heterocycles. The number of sulfonamides is 2. The topological polar surface area (TPSA) is 330 Å². The molecule has 0 bridgehead atoms. The second-order valence-corrected chi connectivity index (χ2v) is 37.4. The summed E-state index contributed by atoms with van der Waals surface area (Å²) in [4.78, 5) is 140. The minimum absolute atomic E-state index is 0.0263. The van der Waals surface area contributed by atoms with Crippen molar-refractivity contribution >= 4 is 90.7 Å². The molecule has 4 aliphatic heterocycles. The largest absolute Gasteiger partial charge is 0.450 e. The van der Waals surface area contributed by atoms with Crippen molar-refractivity contribution in [1.82, 2.24) is 19.2 Å². The van der Waals surface area contributed by atoms with E-state index in [1.807, 2.05) is 26.0 Å². The lowest BCUT2D eigenvalue weighted by molar-refractivity contribution is -0.257. The number of hydrogen-bond acceptors (Lipinski definition) is 18. The summed E-state index contributed by atoms with van der Waals surface area (Å²) in [6.45, 7) is 12.4. The molecule has 608 valence electrons. The van der Waals surface area contributed by atoms with Gasteiger partial charge in [-0.15, -0.1) is 0 Å². The Labute approximate surface area is 634 Å². The van der Waals surface area contributed by atoms with E-state index in [4.69, 9.17) is 18.9 Å². The van der Waals surface area contributed by atoms with Crippen LogP contribution in [0.5, 0.6) is 0 Å². The van der Waals surface area contributed by atoms with E-state index in [1.54, 1.807) is 26.0 Å². The zero-order valence-corrected chi connectivity index (χ0v) is 64.7. The average molecular weight is 1600 g/mol. The van der Waals surface area contributed by atoms with Crippen molar-refractivity contribution in [2.24, 2.45) is 58.2 Å². The van der Waals surface area contributed by atoms with Gasteiger partial charge in [-0.05, 0) is 203 Å². The number of carbonyl (C=O) groups is 10. The molecular formula is C76H98F8N6O18S2. The molecule has 24 nitrogen and oxygen atoms in total. The minimum Gasteiger partial charge on any atom is -0.450 e. The fraction of sp³-hybridized carbons (Fsp3) is 0.658. The number of ether oxygens (including phenoxy) is 4. The Hall–Kier alpha value is -8.04. The number of Topliss-reactive ketones (excluding diaryl/α,β-unsaturated/α-hetero) is 2. The number of benzene rings is 2. The summed E-state index contributed by atoms with van der Waals surface area (Å²) in [5.74, 6) is -12.6. The van der Waals surface area contributed by atoms with Crippen molar-refractivity contribution in [2.75, 3.05) is 23.7 Å². The number of fused-ring (bicyclic) bond motifs is 4. The summed E-state index contributed by atoms with van der Waals surface area (Å²) in [7, 11) is -8.12. The van der Waals surface area contributed by atoms with Crippen LogP contribution in [0.25, 0.3) is 0 Å². The molecule has 4 heterocycles. The van der Waals surface area contributed by atoms with Crippen LogP contribution in [0.1, 0.15) is 185 Å². The van der Waals surface area contributed by atoms with E-state index in [0.717, 1.165) is 34.1 Å². The van der Waals surface area contributed by atoms with E-state index in [-0.39, 0.29) is 62.0 Å². The van der Waals surface area contributed by atoms with Gasteiger partial charge in [0.15, 0.2) is 11.6 Å². The van der Waals surface area contributed by atoms with Crippen LogP contribution >= 0.6 is 0 Å². The number of rotatable bonds is 16. The van der Waals surface area contributed by atoms with Crippen molar-refractivity contribution < 1.29 is 119 Å². The third kappa shape index (κ3) is 20.2. The SMILES string of the molecule is C[C@@H]1CC/C=C\[C@@H]2C[C@@]2(C(=O)NS(=O)(=O)C2(C)CC2)CC(=O)[C@@H]2C[C@@H](OC(=O)Nc3ccc(F)cc3)CN2C(=O)[C@@H](CC(=O)OC(C)(C)C(F)(F)F)[C@H](C)C1.C[C@H]1CC/C=C\[C@@H]2C[C@@]2(C(=O)NS(=O)(=O)C2(C)CC2)CC(=O)[C@@H]2C[C@@H](OC(=O)Nc3ccc(F)cc3)CN2C(=O)[C@@H](CC(=O)OC(C)(C)C(F)(F)F)[C@H](C)C1. The number of nitrogens with one attached hydrogen (secondary N) is 4. The highest BCUT2D eigenvalue weighted by Crippen LogP contribution is 2.59. The Bertz CT molecular complexity index is 3890. The molecule has 14 atom stereocenters. The van der Waals surface area contributed by atoms with Crippen LogP contribution < -0.4 is 20.1 Å². The third-order valence-electron chi connectivity index (χ3n) is 23.2. The first-order valence-corrected chi connectivity index (χ1v) is 40.1. The molecule has 6 amide bonds. The van der Waals surface area contributed by atoms with Crippen molar-refractivity contribution in [3.05, 3.63) is 84.5 Å². The molecule has 6 fully saturated rings. The van der Waals surface area contributed by atoms with Gasteiger partial charge >= 0.3 is 36.5 Å². The molecule has 0 radical (unpaired) electrons. The number of alkyl halides is 6. The molecule has 2 aromatic rings. The highest BCUT2D eigenvalue weighted by Gasteiger charge is 2.65. The summed E-state index contributed by atoms with van der Waals surface area (Å²) in [6, 6.07) is 7.04. The van der Waals surface area contributed by atoms with Crippen LogP contribution in [0.3, 0.4) is 0 Å². The summed E-state index contributed by atoms with van der Waals surface area (Å²) >= 11 is 0. The van der Waals surface area contributed by atoms with Crippen molar-refractivity contribution in [1.29, 1.82) is 0 Å². The summed E-state index contributed by atoms with van der Waals surface area (Å²) in [5.41, 5.74) is -8.18.